The van der Waals surface area contributed by atoms with E-state index < -0.39 is 0 Å². The van der Waals surface area contributed by atoms with Crippen LogP contribution in [0.1, 0.15) is 40.5 Å². The largest absolute Gasteiger partial charge is 0.481 e. The number of hydrogen-bond acceptors (Lipinski definition) is 3. The Morgan fingerprint density at radius 2 is 2.00 bits per heavy atom. The zero-order valence-electron chi connectivity index (χ0n) is 10.2. The molecule has 1 atom stereocenters. The Balaban J connectivity index is 3.56. The van der Waals surface area contributed by atoms with Crippen LogP contribution in [0.2, 0.25) is 0 Å². The second-order valence-corrected chi connectivity index (χ2v) is 4.91. The SMILES string of the molecule is C/C(=C/CCCOC(=N)C(C)C)[C@@H](C)S. The Kier molecular flexibility index (Phi) is 7.57. The lowest BCUT2D eigenvalue weighted by Crippen LogP contribution is -2.11. The number of hydrogen-bond donors (Lipinski definition) is 2. The lowest BCUT2D eigenvalue weighted by molar-refractivity contribution is 0.278. The summed E-state index contributed by atoms with van der Waals surface area (Å²) in [5.41, 5.74) is 1.30. The summed E-state index contributed by atoms with van der Waals surface area (Å²) in [6.07, 6.45) is 4.16. The van der Waals surface area contributed by atoms with Crippen LogP contribution >= 0.6 is 12.6 Å². The van der Waals surface area contributed by atoms with E-state index in [4.69, 9.17) is 10.1 Å². The van der Waals surface area contributed by atoms with Crippen LogP contribution in [-0.4, -0.2) is 17.8 Å². The van der Waals surface area contributed by atoms with Gasteiger partial charge < -0.3 is 4.74 Å². The molecule has 0 amide bonds. The second-order valence-electron chi connectivity index (χ2n) is 4.13. The smallest absolute Gasteiger partial charge is 0.182 e. The van der Waals surface area contributed by atoms with E-state index in [9.17, 15) is 0 Å². The summed E-state index contributed by atoms with van der Waals surface area (Å²) < 4.78 is 5.28. The van der Waals surface area contributed by atoms with Crippen LogP contribution < -0.4 is 0 Å². The zero-order chi connectivity index (χ0) is 11.8. The fraction of sp³-hybridized carbons (Fsp3) is 0.750. The third-order valence-electron chi connectivity index (χ3n) is 2.26. The Morgan fingerprint density at radius 1 is 1.40 bits per heavy atom. The van der Waals surface area contributed by atoms with Gasteiger partial charge in [0.25, 0.3) is 0 Å². The van der Waals surface area contributed by atoms with Crippen molar-refractivity contribution in [3.63, 3.8) is 0 Å². The van der Waals surface area contributed by atoms with Crippen LogP contribution in [0.15, 0.2) is 11.6 Å². The van der Waals surface area contributed by atoms with Crippen molar-refractivity contribution in [2.45, 2.75) is 45.8 Å². The van der Waals surface area contributed by atoms with E-state index in [2.05, 4.69) is 32.6 Å². The van der Waals surface area contributed by atoms with Gasteiger partial charge in [-0.05, 0) is 26.7 Å². The maximum atomic E-state index is 7.48. The highest BCUT2D eigenvalue weighted by molar-refractivity contribution is 7.81. The molecule has 0 saturated carbocycles. The minimum Gasteiger partial charge on any atom is -0.481 e. The minimum absolute atomic E-state index is 0.194. The van der Waals surface area contributed by atoms with Gasteiger partial charge in [0.05, 0.1) is 6.61 Å². The van der Waals surface area contributed by atoms with E-state index >= 15 is 0 Å². The van der Waals surface area contributed by atoms with Crippen molar-refractivity contribution in [2.75, 3.05) is 6.61 Å². The summed E-state index contributed by atoms with van der Waals surface area (Å²) in [6, 6.07) is 0. The lowest BCUT2D eigenvalue weighted by atomic mass is 10.1. The van der Waals surface area contributed by atoms with Crippen molar-refractivity contribution in [3.05, 3.63) is 11.6 Å². The van der Waals surface area contributed by atoms with E-state index in [1.165, 1.54) is 5.57 Å². The quantitative estimate of drug-likeness (QED) is 0.235. The molecule has 0 fully saturated rings. The highest BCUT2D eigenvalue weighted by Crippen LogP contribution is 2.09. The van der Waals surface area contributed by atoms with E-state index in [1.807, 2.05) is 13.8 Å². The van der Waals surface area contributed by atoms with E-state index in [1.54, 1.807) is 0 Å². The molecule has 1 N–H and O–H groups in total. The van der Waals surface area contributed by atoms with Gasteiger partial charge in [0, 0.05) is 11.2 Å². The molecule has 0 unspecified atom stereocenters. The monoisotopic (exact) mass is 229 g/mol. The topological polar surface area (TPSA) is 33.1 Å². The van der Waals surface area contributed by atoms with Gasteiger partial charge in [-0.2, -0.15) is 12.6 Å². The maximum absolute atomic E-state index is 7.48. The standard InChI is InChI=1S/C12H23NOS/c1-9(2)12(13)14-8-6-5-7-10(3)11(4)15/h7,9,11,13,15H,5-6,8H2,1-4H3/b10-7-,13-12?/t11-/m1/s1. The second kappa shape index (κ2) is 7.80. The molecule has 2 nitrogen and oxygen atoms in total. The molecule has 15 heavy (non-hydrogen) atoms. The first kappa shape index (κ1) is 14.6. The minimum atomic E-state index is 0.194. The number of unbranched alkanes of at least 4 members (excludes halogenated alkanes) is 1. The molecule has 0 heterocycles. The van der Waals surface area contributed by atoms with Gasteiger partial charge in [0.2, 0.25) is 0 Å². The van der Waals surface area contributed by atoms with Gasteiger partial charge in [-0.1, -0.05) is 25.5 Å². The number of rotatable bonds is 6. The average molecular weight is 229 g/mol. The summed E-state index contributed by atoms with van der Waals surface area (Å²) in [5, 5.41) is 7.81. The Hall–Kier alpha value is -0.440. The molecule has 0 aromatic rings. The summed E-state index contributed by atoms with van der Waals surface area (Å²) in [5.74, 6) is 0.581. The normalized spacial score (nSPS) is 14.1. The van der Waals surface area contributed by atoms with Crippen molar-refractivity contribution >= 4 is 18.5 Å². The van der Waals surface area contributed by atoms with Crippen molar-refractivity contribution in [2.24, 2.45) is 5.92 Å². The molecule has 0 aliphatic rings. The van der Waals surface area contributed by atoms with E-state index in [0.29, 0.717) is 17.8 Å². The van der Waals surface area contributed by atoms with Crippen LogP contribution in [0.25, 0.3) is 0 Å². The molecular formula is C12H23NOS. The van der Waals surface area contributed by atoms with Gasteiger partial charge in [-0.25, -0.2) is 0 Å². The molecule has 0 aromatic carbocycles. The van der Waals surface area contributed by atoms with Crippen molar-refractivity contribution in [1.29, 1.82) is 5.41 Å². The molecule has 0 radical (unpaired) electrons. The van der Waals surface area contributed by atoms with Crippen LogP contribution in [0.4, 0.5) is 0 Å². The molecule has 88 valence electrons. The number of allylic oxidation sites excluding steroid dienone is 1. The van der Waals surface area contributed by atoms with E-state index in [-0.39, 0.29) is 5.92 Å². The summed E-state index contributed by atoms with van der Waals surface area (Å²) in [6.45, 7) is 8.74. The van der Waals surface area contributed by atoms with Gasteiger partial charge in [0.15, 0.2) is 5.90 Å². The number of ether oxygens (including phenoxy) is 1. The van der Waals surface area contributed by atoms with Crippen molar-refractivity contribution in [1.82, 2.24) is 0 Å². The lowest BCUT2D eigenvalue weighted by Gasteiger charge is -2.09. The molecule has 0 rings (SSSR count). The molecule has 0 spiro atoms. The molecule has 0 bridgehead atoms. The average Bonchev–Trinajstić information content (AvgIpc) is 2.16. The fourth-order valence-corrected chi connectivity index (χ4v) is 1.04. The van der Waals surface area contributed by atoms with Crippen LogP contribution in [0, 0.1) is 11.3 Å². The summed E-state index contributed by atoms with van der Waals surface area (Å²) in [7, 11) is 0. The Morgan fingerprint density at radius 3 is 2.47 bits per heavy atom. The van der Waals surface area contributed by atoms with Gasteiger partial charge >= 0.3 is 0 Å². The third kappa shape index (κ3) is 7.48. The van der Waals surface area contributed by atoms with Crippen LogP contribution in [0.3, 0.4) is 0 Å². The molecule has 0 aliphatic carbocycles. The number of thiol groups is 1. The molecule has 0 saturated heterocycles. The van der Waals surface area contributed by atoms with Gasteiger partial charge in [-0.3, -0.25) is 5.41 Å². The molecule has 3 heteroatoms. The Bertz CT molecular complexity index is 222. The van der Waals surface area contributed by atoms with Gasteiger partial charge in [-0.15, -0.1) is 0 Å². The fourth-order valence-electron chi connectivity index (χ4n) is 0.932. The van der Waals surface area contributed by atoms with Crippen LogP contribution in [-0.2, 0) is 4.74 Å². The van der Waals surface area contributed by atoms with Crippen molar-refractivity contribution in [3.8, 4) is 0 Å². The predicted octanol–water partition coefficient (Wildman–Crippen LogP) is 3.68. The predicted molar refractivity (Wildman–Crippen MR) is 70.0 cm³/mol. The van der Waals surface area contributed by atoms with Crippen LogP contribution in [0.5, 0.6) is 0 Å². The first-order chi connectivity index (χ1) is 6.95. The maximum Gasteiger partial charge on any atom is 0.182 e. The molecule has 0 aromatic heterocycles. The first-order valence-electron chi connectivity index (χ1n) is 5.51. The van der Waals surface area contributed by atoms with E-state index in [0.717, 1.165) is 12.8 Å². The summed E-state index contributed by atoms with van der Waals surface area (Å²) >= 11 is 4.34. The third-order valence-corrected chi connectivity index (χ3v) is 2.66. The Labute approximate surface area is 99.0 Å². The zero-order valence-corrected chi connectivity index (χ0v) is 11.1. The molecule has 0 aliphatic heterocycles. The first-order valence-corrected chi connectivity index (χ1v) is 6.02. The van der Waals surface area contributed by atoms with Gasteiger partial charge in [0.1, 0.15) is 0 Å². The summed E-state index contributed by atoms with van der Waals surface area (Å²) in [4.78, 5) is 0. The molecular weight excluding hydrogens is 206 g/mol. The van der Waals surface area contributed by atoms with Crippen molar-refractivity contribution < 1.29 is 4.74 Å². The number of nitrogens with one attached hydrogen (secondary N) is 1. The highest BCUT2D eigenvalue weighted by atomic mass is 32.1. The highest BCUT2D eigenvalue weighted by Gasteiger charge is 2.02.